The lowest BCUT2D eigenvalue weighted by Gasteiger charge is -2.38. The van der Waals surface area contributed by atoms with E-state index >= 15 is 0 Å². The molecule has 2 rings (SSSR count). The topological polar surface area (TPSA) is 79.8 Å². The summed E-state index contributed by atoms with van der Waals surface area (Å²) >= 11 is 0. The number of nitrogens with one attached hydrogen (secondary N) is 2. The minimum absolute atomic E-state index is 0.0904. The van der Waals surface area contributed by atoms with Gasteiger partial charge in [-0.1, -0.05) is 18.2 Å². The molecule has 0 bridgehead atoms. The van der Waals surface area contributed by atoms with Gasteiger partial charge < -0.3 is 15.4 Å². The molecule has 1 unspecified atom stereocenters. The molecule has 2 N–H and O–H groups in total. The molecule has 7 heteroatoms. The quantitative estimate of drug-likeness (QED) is 0.458. The maximum absolute atomic E-state index is 11.2. The van der Waals surface area contributed by atoms with E-state index < -0.39 is 9.84 Å². The zero-order chi connectivity index (χ0) is 18.5. The van der Waals surface area contributed by atoms with Crippen molar-refractivity contribution in [3.8, 4) is 5.75 Å². The first kappa shape index (κ1) is 19.6. The van der Waals surface area contributed by atoms with Crippen molar-refractivity contribution in [2.75, 3.05) is 25.1 Å². The predicted molar refractivity (Wildman–Crippen MR) is 102 cm³/mol. The van der Waals surface area contributed by atoms with Crippen LogP contribution in [0.4, 0.5) is 0 Å². The number of rotatable bonds is 6. The molecule has 0 aliphatic carbocycles. The van der Waals surface area contributed by atoms with Crippen LogP contribution in [0.2, 0.25) is 0 Å². The van der Waals surface area contributed by atoms with Crippen molar-refractivity contribution >= 4 is 15.8 Å². The van der Waals surface area contributed by atoms with Gasteiger partial charge in [0.15, 0.2) is 5.96 Å². The Balaban J connectivity index is 2.10. The van der Waals surface area contributed by atoms with Crippen LogP contribution in [-0.2, 0) is 9.84 Å². The monoisotopic (exact) mass is 367 g/mol. The average molecular weight is 368 g/mol. The number of hydrogen-bond acceptors (Lipinski definition) is 4. The van der Waals surface area contributed by atoms with E-state index in [4.69, 9.17) is 4.74 Å². The molecule has 0 fully saturated rings. The van der Waals surface area contributed by atoms with Crippen LogP contribution in [0.25, 0.3) is 0 Å². The molecule has 0 aromatic heterocycles. The third-order valence-corrected chi connectivity index (χ3v) is 5.00. The van der Waals surface area contributed by atoms with Crippen molar-refractivity contribution in [1.82, 2.24) is 10.6 Å². The van der Waals surface area contributed by atoms with Gasteiger partial charge in [0.05, 0.1) is 11.8 Å². The minimum Gasteiger partial charge on any atom is -0.487 e. The lowest BCUT2D eigenvalue weighted by molar-refractivity contribution is 0.0694. The molecular formula is C18H29N3O3S. The number of guanidine groups is 1. The number of fused-ring (bicyclic) bond motifs is 1. The highest BCUT2D eigenvalue weighted by Gasteiger charge is 2.33. The molecule has 0 amide bonds. The SMILES string of the molecule is CCNC(=NCCCS(C)(=O)=O)NC1CC(C)(C)Oc2ccccc21. The average Bonchev–Trinajstić information content (AvgIpc) is 2.49. The van der Waals surface area contributed by atoms with Gasteiger partial charge >= 0.3 is 0 Å². The molecule has 0 radical (unpaired) electrons. The van der Waals surface area contributed by atoms with Crippen molar-refractivity contribution in [2.24, 2.45) is 4.99 Å². The van der Waals surface area contributed by atoms with Gasteiger partial charge in [-0.15, -0.1) is 0 Å². The van der Waals surface area contributed by atoms with E-state index in [-0.39, 0.29) is 17.4 Å². The van der Waals surface area contributed by atoms with Crippen molar-refractivity contribution < 1.29 is 13.2 Å². The van der Waals surface area contributed by atoms with Gasteiger partial charge in [0.1, 0.15) is 21.2 Å². The lowest BCUT2D eigenvalue weighted by Crippen LogP contribution is -2.45. The fraction of sp³-hybridized carbons (Fsp3) is 0.611. The number of benzene rings is 1. The standard InChI is InChI=1S/C18H29N3O3S/c1-5-19-17(20-11-8-12-25(4,22)23)21-15-13-18(2,3)24-16-10-7-6-9-14(15)16/h6-7,9-10,15H,5,8,11-13H2,1-4H3,(H2,19,20,21). The second kappa shape index (κ2) is 8.08. The summed E-state index contributed by atoms with van der Waals surface area (Å²) in [5, 5.41) is 6.71. The predicted octanol–water partition coefficient (Wildman–Crippen LogP) is 2.28. The fourth-order valence-corrected chi connectivity index (χ4v) is 3.59. The molecule has 0 spiro atoms. The Kier molecular flexibility index (Phi) is 6.32. The van der Waals surface area contributed by atoms with Crippen molar-refractivity contribution in [1.29, 1.82) is 0 Å². The normalized spacial score (nSPS) is 19.7. The van der Waals surface area contributed by atoms with Crippen LogP contribution >= 0.6 is 0 Å². The fourth-order valence-electron chi connectivity index (χ4n) is 2.93. The smallest absolute Gasteiger partial charge is 0.191 e. The molecule has 1 aromatic rings. The number of nitrogens with zero attached hydrogens (tertiary/aromatic N) is 1. The van der Waals surface area contributed by atoms with Gasteiger partial charge in [0.25, 0.3) is 0 Å². The first-order valence-electron chi connectivity index (χ1n) is 8.71. The van der Waals surface area contributed by atoms with Crippen LogP contribution < -0.4 is 15.4 Å². The van der Waals surface area contributed by atoms with Gasteiger partial charge in [0.2, 0.25) is 0 Å². The first-order valence-corrected chi connectivity index (χ1v) is 10.8. The summed E-state index contributed by atoms with van der Waals surface area (Å²) in [5.74, 6) is 1.75. The zero-order valence-electron chi connectivity index (χ0n) is 15.5. The van der Waals surface area contributed by atoms with E-state index in [2.05, 4.69) is 35.5 Å². The molecule has 1 aliphatic rings. The number of ether oxygens (including phenoxy) is 1. The summed E-state index contributed by atoms with van der Waals surface area (Å²) in [5.41, 5.74) is 0.850. The van der Waals surface area contributed by atoms with Crippen LogP contribution in [0.3, 0.4) is 0 Å². The summed E-state index contributed by atoms with van der Waals surface area (Å²) in [6.07, 6.45) is 2.59. The Morgan fingerprint density at radius 2 is 2.08 bits per heavy atom. The van der Waals surface area contributed by atoms with Crippen LogP contribution in [0.5, 0.6) is 5.75 Å². The van der Waals surface area contributed by atoms with E-state index in [9.17, 15) is 8.42 Å². The summed E-state index contributed by atoms with van der Waals surface area (Å²) in [7, 11) is -2.94. The van der Waals surface area contributed by atoms with E-state index in [1.54, 1.807) is 0 Å². The first-order chi connectivity index (χ1) is 11.7. The van der Waals surface area contributed by atoms with Gasteiger partial charge in [0, 0.05) is 31.3 Å². The molecule has 140 valence electrons. The Morgan fingerprint density at radius 3 is 2.76 bits per heavy atom. The van der Waals surface area contributed by atoms with Crippen molar-refractivity contribution in [2.45, 2.75) is 45.3 Å². The number of aliphatic imine (C=N–C) groups is 1. The molecule has 1 atom stereocenters. The number of sulfone groups is 1. The second-order valence-corrected chi connectivity index (χ2v) is 9.30. The van der Waals surface area contributed by atoms with E-state index in [0.717, 1.165) is 24.3 Å². The molecule has 1 aliphatic heterocycles. The molecule has 25 heavy (non-hydrogen) atoms. The highest BCUT2D eigenvalue weighted by atomic mass is 32.2. The Bertz CT molecular complexity index is 714. The van der Waals surface area contributed by atoms with Gasteiger partial charge in [-0.2, -0.15) is 0 Å². The third kappa shape index (κ3) is 6.23. The van der Waals surface area contributed by atoms with Crippen LogP contribution in [0.15, 0.2) is 29.3 Å². The Hall–Kier alpha value is -1.76. The Labute approximate surface area is 151 Å². The minimum atomic E-state index is -2.94. The highest BCUT2D eigenvalue weighted by Crippen LogP contribution is 2.39. The van der Waals surface area contributed by atoms with Crippen molar-refractivity contribution in [3.63, 3.8) is 0 Å². The molecule has 6 nitrogen and oxygen atoms in total. The molecule has 0 saturated heterocycles. The molecular weight excluding hydrogens is 338 g/mol. The maximum atomic E-state index is 11.2. The summed E-state index contributed by atoms with van der Waals surface area (Å²) in [4.78, 5) is 4.52. The Morgan fingerprint density at radius 1 is 1.36 bits per heavy atom. The van der Waals surface area contributed by atoms with Crippen LogP contribution in [-0.4, -0.2) is 45.1 Å². The number of hydrogen-bond donors (Lipinski definition) is 2. The summed E-state index contributed by atoms with van der Waals surface area (Å²) < 4.78 is 28.5. The highest BCUT2D eigenvalue weighted by molar-refractivity contribution is 7.90. The van der Waals surface area contributed by atoms with Crippen molar-refractivity contribution in [3.05, 3.63) is 29.8 Å². The lowest BCUT2D eigenvalue weighted by atomic mass is 9.90. The molecule has 1 heterocycles. The second-order valence-electron chi connectivity index (χ2n) is 7.04. The molecule has 1 aromatic carbocycles. The van der Waals surface area contributed by atoms with Crippen LogP contribution in [0, 0.1) is 0 Å². The van der Waals surface area contributed by atoms with Gasteiger partial charge in [-0.25, -0.2) is 8.42 Å². The summed E-state index contributed by atoms with van der Waals surface area (Å²) in [6, 6.07) is 8.12. The van der Waals surface area contributed by atoms with Gasteiger partial charge in [-0.3, -0.25) is 4.99 Å². The third-order valence-electron chi connectivity index (χ3n) is 3.97. The van der Waals surface area contributed by atoms with E-state index in [0.29, 0.717) is 18.9 Å². The maximum Gasteiger partial charge on any atom is 0.191 e. The zero-order valence-corrected chi connectivity index (χ0v) is 16.3. The van der Waals surface area contributed by atoms with Gasteiger partial charge in [-0.05, 0) is 33.3 Å². The van der Waals surface area contributed by atoms with Crippen LogP contribution in [0.1, 0.15) is 45.2 Å². The van der Waals surface area contributed by atoms with E-state index in [1.165, 1.54) is 6.26 Å². The molecule has 0 saturated carbocycles. The largest absolute Gasteiger partial charge is 0.487 e. The number of para-hydroxylation sites is 1. The summed E-state index contributed by atoms with van der Waals surface area (Å²) in [6.45, 7) is 7.37. The van der Waals surface area contributed by atoms with E-state index in [1.807, 2.05) is 25.1 Å².